The molecule has 0 fully saturated rings. The molecular formula is C15H21N3O. The highest BCUT2D eigenvalue weighted by molar-refractivity contribution is 5.26. The molecule has 4 heteroatoms. The predicted molar refractivity (Wildman–Crippen MR) is 75.9 cm³/mol. The second-order valence-electron chi connectivity index (χ2n) is 4.63. The molecule has 0 aliphatic carbocycles. The van der Waals surface area contributed by atoms with Gasteiger partial charge in [0.1, 0.15) is 0 Å². The van der Waals surface area contributed by atoms with Gasteiger partial charge in [-0.25, -0.2) is 4.98 Å². The molecule has 2 N–H and O–H groups in total. The molecular weight excluding hydrogens is 238 g/mol. The van der Waals surface area contributed by atoms with E-state index < -0.39 is 0 Å². The number of aromatic nitrogens is 2. The number of imidazole rings is 1. The Kier molecular flexibility index (Phi) is 4.71. The SMILES string of the molecule is CCC(COC)n1cncc1C(N)c1ccccc1. The molecule has 19 heavy (non-hydrogen) atoms. The number of ether oxygens (including phenoxy) is 1. The van der Waals surface area contributed by atoms with E-state index in [4.69, 9.17) is 10.5 Å². The summed E-state index contributed by atoms with van der Waals surface area (Å²) in [5.74, 6) is 0. The molecule has 4 nitrogen and oxygen atoms in total. The summed E-state index contributed by atoms with van der Waals surface area (Å²) >= 11 is 0. The van der Waals surface area contributed by atoms with Crippen LogP contribution in [0, 0.1) is 0 Å². The van der Waals surface area contributed by atoms with Crippen molar-refractivity contribution in [1.29, 1.82) is 0 Å². The first kappa shape index (κ1) is 13.8. The van der Waals surface area contributed by atoms with Gasteiger partial charge in [0.15, 0.2) is 0 Å². The number of hydrogen-bond acceptors (Lipinski definition) is 3. The lowest BCUT2D eigenvalue weighted by Gasteiger charge is -2.21. The highest BCUT2D eigenvalue weighted by Crippen LogP contribution is 2.23. The zero-order chi connectivity index (χ0) is 13.7. The molecule has 0 aliphatic rings. The Hall–Kier alpha value is -1.65. The van der Waals surface area contributed by atoms with Crippen molar-refractivity contribution in [3.05, 3.63) is 54.1 Å². The molecule has 0 amide bonds. The highest BCUT2D eigenvalue weighted by Gasteiger charge is 2.18. The topological polar surface area (TPSA) is 53.1 Å². The van der Waals surface area contributed by atoms with Crippen molar-refractivity contribution >= 4 is 0 Å². The molecule has 0 aliphatic heterocycles. The van der Waals surface area contributed by atoms with E-state index >= 15 is 0 Å². The summed E-state index contributed by atoms with van der Waals surface area (Å²) in [6, 6.07) is 10.2. The Morgan fingerprint density at radius 2 is 2.05 bits per heavy atom. The fourth-order valence-electron chi connectivity index (χ4n) is 2.28. The second-order valence-corrected chi connectivity index (χ2v) is 4.63. The van der Waals surface area contributed by atoms with Crippen LogP contribution in [0.4, 0.5) is 0 Å². The Bertz CT molecular complexity index is 495. The molecule has 0 bridgehead atoms. The van der Waals surface area contributed by atoms with Gasteiger partial charge in [-0.15, -0.1) is 0 Å². The number of nitrogens with zero attached hydrogens (tertiary/aromatic N) is 2. The van der Waals surface area contributed by atoms with E-state index in [-0.39, 0.29) is 12.1 Å². The van der Waals surface area contributed by atoms with E-state index in [2.05, 4.69) is 16.5 Å². The Balaban J connectivity index is 2.28. The molecule has 0 spiro atoms. The van der Waals surface area contributed by atoms with Crippen LogP contribution in [0.3, 0.4) is 0 Å². The van der Waals surface area contributed by atoms with E-state index in [0.29, 0.717) is 6.61 Å². The van der Waals surface area contributed by atoms with Crippen molar-refractivity contribution in [3.63, 3.8) is 0 Å². The molecule has 0 saturated carbocycles. The molecule has 102 valence electrons. The third-order valence-electron chi connectivity index (χ3n) is 3.40. The molecule has 1 heterocycles. The van der Waals surface area contributed by atoms with Gasteiger partial charge in [0.25, 0.3) is 0 Å². The average Bonchev–Trinajstić information content (AvgIpc) is 2.94. The maximum absolute atomic E-state index is 6.35. The van der Waals surface area contributed by atoms with Crippen LogP contribution in [-0.4, -0.2) is 23.3 Å². The maximum Gasteiger partial charge on any atom is 0.0952 e. The minimum atomic E-state index is -0.158. The average molecular weight is 259 g/mol. The van der Waals surface area contributed by atoms with E-state index in [0.717, 1.165) is 17.7 Å². The van der Waals surface area contributed by atoms with Crippen molar-refractivity contribution in [3.8, 4) is 0 Å². The lowest BCUT2D eigenvalue weighted by molar-refractivity contribution is 0.151. The number of hydrogen-bond donors (Lipinski definition) is 1. The first-order valence-electron chi connectivity index (χ1n) is 6.59. The lowest BCUT2D eigenvalue weighted by atomic mass is 10.0. The van der Waals surface area contributed by atoms with Gasteiger partial charge in [0, 0.05) is 7.11 Å². The first-order valence-corrected chi connectivity index (χ1v) is 6.59. The van der Waals surface area contributed by atoms with Gasteiger partial charge in [-0.1, -0.05) is 37.3 Å². The Morgan fingerprint density at radius 1 is 1.32 bits per heavy atom. The predicted octanol–water partition coefficient (Wildman–Crippen LogP) is 2.53. The summed E-state index contributed by atoms with van der Waals surface area (Å²) in [7, 11) is 1.72. The van der Waals surface area contributed by atoms with Gasteiger partial charge in [0.2, 0.25) is 0 Å². The minimum Gasteiger partial charge on any atom is -0.383 e. The number of nitrogens with two attached hydrogens (primary N) is 1. The Morgan fingerprint density at radius 3 is 2.68 bits per heavy atom. The van der Waals surface area contributed by atoms with Crippen LogP contribution in [0.15, 0.2) is 42.9 Å². The minimum absolute atomic E-state index is 0.158. The van der Waals surface area contributed by atoms with Crippen LogP contribution in [-0.2, 0) is 4.74 Å². The molecule has 2 unspecified atom stereocenters. The standard InChI is InChI=1S/C15H21N3O/c1-3-13(10-19-2)18-11-17-9-14(18)15(16)12-7-5-4-6-8-12/h4-9,11,13,15H,3,10,16H2,1-2H3. The molecule has 1 aromatic heterocycles. The summed E-state index contributed by atoms with van der Waals surface area (Å²) in [4.78, 5) is 4.25. The van der Waals surface area contributed by atoms with Gasteiger partial charge in [-0.3, -0.25) is 0 Å². The van der Waals surface area contributed by atoms with Gasteiger partial charge in [-0.05, 0) is 12.0 Å². The fraction of sp³-hybridized carbons (Fsp3) is 0.400. The first-order chi connectivity index (χ1) is 9.27. The van der Waals surface area contributed by atoms with Crippen molar-refractivity contribution < 1.29 is 4.74 Å². The second kappa shape index (κ2) is 6.50. The van der Waals surface area contributed by atoms with Crippen LogP contribution in [0.2, 0.25) is 0 Å². The zero-order valence-corrected chi connectivity index (χ0v) is 11.5. The monoisotopic (exact) mass is 259 g/mol. The van der Waals surface area contributed by atoms with Crippen LogP contribution in [0.25, 0.3) is 0 Å². The smallest absolute Gasteiger partial charge is 0.0952 e. The lowest BCUT2D eigenvalue weighted by Crippen LogP contribution is -2.21. The molecule has 2 aromatic rings. The summed E-state index contributed by atoms with van der Waals surface area (Å²) in [5, 5.41) is 0. The summed E-state index contributed by atoms with van der Waals surface area (Å²) in [5.41, 5.74) is 8.47. The number of rotatable bonds is 6. The van der Waals surface area contributed by atoms with Crippen molar-refractivity contribution in [1.82, 2.24) is 9.55 Å². The van der Waals surface area contributed by atoms with E-state index in [1.54, 1.807) is 7.11 Å². The van der Waals surface area contributed by atoms with E-state index in [1.165, 1.54) is 0 Å². The van der Waals surface area contributed by atoms with E-state index in [9.17, 15) is 0 Å². The molecule has 0 saturated heterocycles. The number of methoxy groups -OCH3 is 1. The third-order valence-corrected chi connectivity index (χ3v) is 3.40. The normalized spacial score (nSPS) is 14.3. The van der Waals surface area contributed by atoms with Gasteiger partial charge in [0.05, 0.1) is 36.9 Å². The molecule has 2 rings (SSSR count). The third kappa shape index (κ3) is 3.03. The van der Waals surface area contributed by atoms with Crippen LogP contribution in [0.1, 0.15) is 36.7 Å². The van der Waals surface area contributed by atoms with Crippen LogP contribution in [0.5, 0.6) is 0 Å². The Labute approximate surface area is 114 Å². The fourth-order valence-corrected chi connectivity index (χ4v) is 2.28. The van der Waals surface area contributed by atoms with E-state index in [1.807, 2.05) is 42.9 Å². The van der Waals surface area contributed by atoms with Gasteiger partial charge < -0.3 is 15.0 Å². The van der Waals surface area contributed by atoms with Crippen LogP contribution >= 0.6 is 0 Å². The number of benzene rings is 1. The quantitative estimate of drug-likeness (QED) is 0.867. The summed E-state index contributed by atoms with van der Waals surface area (Å²) < 4.78 is 7.40. The van der Waals surface area contributed by atoms with Crippen molar-refractivity contribution in [2.75, 3.05) is 13.7 Å². The molecule has 2 atom stereocenters. The van der Waals surface area contributed by atoms with Crippen molar-refractivity contribution in [2.45, 2.75) is 25.4 Å². The summed E-state index contributed by atoms with van der Waals surface area (Å²) in [6.07, 6.45) is 4.67. The largest absolute Gasteiger partial charge is 0.383 e. The molecule has 1 aromatic carbocycles. The maximum atomic E-state index is 6.35. The zero-order valence-electron chi connectivity index (χ0n) is 11.5. The van der Waals surface area contributed by atoms with Crippen LogP contribution < -0.4 is 5.73 Å². The van der Waals surface area contributed by atoms with Gasteiger partial charge in [-0.2, -0.15) is 0 Å². The van der Waals surface area contributed by atoms with Crippen molar-refractivity contribution in [2.24, 2.45) is 5.73 Å². The van der Waals surface area contributed by atoms with Gasteiger partial charge >= 0.3 is 0 Å². The summed E-state index contributed by atoms with van der Waals surface area (Å²) in [6.45, 7) is 2.81. The molecule has 0 radical (unpaired) electrons. The highest BCUT2D eigenvalue weighted by atomic mass is 16.5.